The van der Waals surface area contributed by atoms with Crippen molar-refractivity contribution in [2.24, 2.45) is 0 Å². The largest absolute Gasteiger partial charge is 0.489 e. The number of carbonyl (C=O) groups is 1. The Balaban J connectivity index is 1.26. The summed E-state index contributed by atoms with van der Waals surface area (Å²) < 4.78 is 31.7. The lowest BCUT2D eigenvalue weighted by Crippen LogP contribution is -2.47. The van der Waals surface area contributed by atoms with E-state index in [1.54, 1.807) is 12.1 Å². The predicted octanol–water partition coefficient (Wildman–Crippen LogP) is 3.49. The molecule has 8 nitrogen and oxygen atoms in total. The topological polar surface area (TPSA) is 80.1 Å². The van der Waals surface area contributed by atoms with Gasteiger partial charge in [0.05, 0.1) is 17.9 Å². The van der Waals surface area contributed by atoms with E-state index in [2.05, 4.69) is 15.4 Å². The molecule has 2 unspecified atom stereocenters. The van der Waals surface area contributed by atoms with Gasteiger partial charge >= 0.3 is 6.09 Å². The molecule has 1 aromatic carbocycles. The molecule has 1 N–H and O–H groups in total. The summed E-state index contributed by atoms with van der Waals surface area (Å²) in [5.41, 5.74) is 1.01. The molecule has 5 aliphatic heterocycles. The number of aromatic nitrogens is 1. The number of hydrogen-bond acceptors (Lipinski definition) is 8. The van der Waals surface area contributed by atoms with Crippen LogP contribution >= 0.6 is 11.8 Å². The summed E-state index contributed by atoms with van der Waals surface area (Å²) in [6.07, 6.45) is 3.99. The maximum atomic E-state index is 15.3. The number of nitrogens with zero attached hydrogens (tertiary/aromatic N) is 3. The number of nitrogens with one attached hydrogen (secondary N) is 1. The first-order chi connectivity index (χ1) is 15.2. The Morgan fingerprint density at radius 3 is 3.10 bits per heavy atom. The lowest BCUT2D eigenvalue weighted by atomic mass is 10.1. The summed E-state index contributed by atoms with van der Waals surface area (Å²) in [6, 6.07) is 4.88. The molecule has 2 aromatic rings. The molecular weight excluding hydrogens is 423 g/mol. The van der Waals surface area contributed by atoms with E-state index >= 15 is 4.39 Å². The van der Waals surface area contributed by atoms with Crippen molar-refractivity contribution >= 4 is 35.0 Å². The molecule has 4 saturated heterocycles. The third-order valence-electron chi connectivity index (χ3n) is 6.57. The van der Waals surface area contributed by atoms with Gasteiger partial charge in [-0.05, 0) is 12.8 Å². The summed E-state index contributed by atoms with van der Waals surface area (Å²) in [4.78, 5) is 16.4. The van der Waals surface area contributed by atoms with Gasteiger partial charge in [-0.3, -0.25) is 4.90 Å². The van der Waals surface area contributed by atoms with Gasteiger partial charge in [0.1, 0.15) is 36.6 Å². The monoisotopic (exact) mass is 446 g/mol. The molecule has 0 radical (unpaired) electrons. The Labute approximate surface area is 183 Å². The van der Waals surface area contributed by atoms with E-state index < -0.39 is 12.2 Å². The number of thioether (sulfide) groups is 1. The number of halogens is 1. The van der Waals surface area contributed by atoms with E-state index in [9.17, 15) is 4.79 Å². The van der Waals surface area contributed by atoms with Crippen LogP contribution in [0.15, 0.2) is 29.0 Å². The van der Waals surface area contributed by atoms with Crippen LogP contribution in [0.2, 0.25) is 0 Å². The summed E-state index contributed by atoms with van der Waals surface area (Å²) in [5, 5.41) is 7.43. The van der Waals surface area contributed by atoms with Crippen LogP contribution < -0.4 is 19.9 Å². The maximum Gasteiger partial charge on any atom is 0.415 e. The van der Waals surface area contributed by atoms with Gasteiger partial charge in [0.25, 0.3) is 0 Å². The molecule has 1 aromatic heterocycles. The number of anilines is 3. The number of fused-ring (bicyclic) bond motifs is 7. The van der Waals surface area contributed by atoms with Gasteiger partial charge in [-0.15, -0.1) is 0 Å². The van der Waals surface area contributed by atoms with Crippen molar-refractivity contribution < 1.29 is 23.2 Å². The van der Waals surface area contributed by atoms with Gasteiger partial charge in [-0.2, -0.15) is 11.8 Å². The van der Waals surface area contributed by atoms with E-state index in [1.165, 1.54) is 30.1 Å². The van der Waals surface area contributed by atoms with Crippen molar-refractivity contribution in [2.45, 2.75) is 42.7 Å². The van der Waals surface area contributed by atoms with Crippen molar-refractivity contribution in [1.82, 2.24) is 5.16 Å². The van der Waals surface area contributed by atoms with Crippen LogP contribution in [0.5, 0.6) is 5.75 Å². The second-order valence-corrected chi connectivity index (χ2v) is 9.73. The number of rotatable bonds is 4. The maximum absolute atomic E-state index is 15.3. The summed E-state index contributed by atoms with van der Waals surface area (Å²) in [5.74, 6) is 1.80. The fourth-order valence-corrected chi connectivity index (χ4v) is 6.43. The van der Waals surface area contributed by atoms with Crippen LogP contribution in [-0.4, -0.2) is 60.1 Å². The quantitative estimate of drug-likeness (QED) is 0.765. The van der Waals surface area contributed by atoms with Crippen molar-refractivity contribution in [3.05, 3.63) is 30.3 Å². The molecular formula is C21H23FN4O4S. The number of cyclic esters (lactones) is 1. The molecule has 164 valence electrons. The minimum atomic E-state index is -0.487. The number of carbonyl (C=O) groups excluding carboxylic acids is 1. The van der Waals surface area contributed by atoms with Gasteiger partial charge < -0.3 is 24.2 Å². The van der Waals surface area contributed by atoms with Gasteiger partial charge in [0.2, 0.25) is 0 Å². The first-order valence-corrected chi connectivity index (χ1v) is 11.7. The van der Waals surface area contributed by atoms with Gasteiger partial charge in [-0.1, -0.05) is 11.6 Å². The Hall–Kier alpha value is -2.62. The summed E-state index contributed by atoms with van der Waals surface area (Å²) in [7, 11) is 0. The van der Waals surface area contributed by atoms with Crippen LogP contribution in [0.3, 0.4) is 0 Å². The Morgan fingerprint density at radius 2 is 2.23 bits per heavy atom. The molecule has 0 spiro atoms. The molecule has 1 amide bonds. The summed E-state index contributed by atoms with van der Waals surface area (Å²) in [6.45, 7) is 1.50. The number of hydrogen-bond donors (Lipinski definition) is 1. The first kappa shape index (κ1) is 19.1. The molecule has 6 heterocycles. The normalized spacial score (nSPS) is 29.1. The Kier molecular flexibility index (Phi) is 4.62. The lowest BCUT2D eigenvalue weighted by Gasteiger charge is -2.39. The van der Waals surface area contributed by atoms with Gasteiger partial charge in [0, 0.05) is 41.8 Å². The fourth-order valence-electron chi connectivity index (χ4n) is 4.99. The third kappa shape index (κ3) is 3.28. The zero-order valence-electron chi connectivity index (χ0n) is 16.8. The highest BCUT2D eigenvalue weighted by molar-refractivity contribution is 8.00. The van der Waals surface area contributed by atoms with Crippen LogP contribution in [0.25, 0.3) is 0 Å². The molecule has 7 rings (SSSR count). The minimum Gasteiger partial charge on any atom is -0.489 e. The predicted molar refractivity (Wildman–Crippen MR) is 115 cm³/mol. The highest BCUT2D eigenvalue weighted by atomic mass is 32.2. The number of ether oxygens (including phenoxy) is 2. The van der Waals surface area contributed by atoms with Crippen molar-refractivity contribution in [2.75, 3.05) is 40.6 Å². The Morgan fingerprint density at radius 1 is 1.29 bits per heavy atom. The average molecular weight is 447 g/mol. The van der Waals surface area contributed by atoms with Gasteiger partial charge in [-0.25, -0.2) is 9.18 Å². The molecule has 5 aliphatic rings. The van der Waals surface area contributed by atoms with Crippen LogP contribution in [0.4, 0.5) is 26.4 Å². The first-order valence-electron chi connectivity index (χ1n) is 10.7. The molecule has 4 atom stereocenters. The van der Waals surface area contributed by atoms with Crippen molar-refractivity contribution in [3.8, 4) is 5.75 Å². The molecule has 0 aliphatic carbocycles. The van der Waals surface area contributed by atoms with Crippen LogP contribution in [0.1, 0.15) is 19.3 Å². The van der Waals surface area contributed by atoms with Crippen LogP contribution in [0, 0.1) is 5.82 Å². The lowest BCUT2D eigenvalue weighted by molar-refractivity contribution is 0.128. The van der Waals surface area contributed by atoms with Crippen molar-refractivity contribution in [3.63, 3.8) is 0 Å². The number of amides is 1. The number of benzene rings is 1. The van der Waals surface area contributed by atoms with E-state index in [-0.39, 0.29) is 18.5 Å². The van der Waals surface area contributed by atoms with E-state index in [1.807, 2.05) is 11.8 Å². The molecule has 31 heavy (non-hydrogen) atoms. The second kappa shape index (κ2) is 7.51. The van der Waals surface area contributed by atoms with E-state index in [4.69, 9.17) is 14.0 Å². The van der Waals surface area contributed by atoms with Crippen LogP contribution in [-0.2, 0) is 4.74 Å². The third-order valence-corrected chi connectivity index (χ3v) is 8.00. The summed E-state index contributed by atoms with van der Waals surface area (Å²) >= 11 is 2.00. The molecule has 4 fully saturated rings. The SMILES string of the molecule is O=C1O[C@@H](CNc2ccon2)[C@@H]2COc3cc(N4CC5CCCC4CS5)c(F)cc3N12. The van der Waals surface area contributed by atoms with E-state index in [0.29, 0.717) is 40.8 Å². The van der Waals surface area contributed by atoms with Crippen molar-refractivity contribution in [1.29, 1.82) is 0 Å². The van der Waals surface area contributed by atoms with Gasteiger partial charge in [0.15, 0.2) is 5.82 Å². The highest BCUT2D eigenvalue weighted by Gasteiger charge is 2.47. The Bertz CT molecular complexity index is 986. The van der Waals surface area contributed by atoms with E-state index in [0.717, 1.165) is 18.7 Å². The molecule has 2 bridgehead atoms. The average Bonchev–Trinajstić information content (AvgIpc) is 3.27. The molecule has 0 saturated carbocycles. The highest BCUT2D eigenvalue weighted by Crippen LogP contribution is 2.44. The minimum absolute atomic E-state index is 0.289. The molecule has 10 heteroatoms. The smallest absolute Gasteiger partial charge is 0.415 e. The zero-order chi connectivity index (χ0) is 20.9. The second-order valence-electron chi connectivity index (χ2n) is 8.40. The zero-order valence-corrected chi connectivity index (χ0v) is 17.6. The standard InChI is InChI=1S/C21H23FN4O4S/c22-14-6-16-18(7-15(14)25-9-13-3-1-2-12(25)11-31-13)28-10-17-19(30-21(27)26(16)17)8-23-20-4-5-29-24-20/h4-7,12-13,17,19H,1-3,8-11H2,(H,23,24)/t12?,13?,17-,19-/m0/s1. The fraction of sp³-hybridized carbons (Fsp3) is 0.524.